The molecule has 1 aromatic rings. The summed E-state index contributed by atoms with van der Waals surface area (Å²) in [5, 5.41) is 0. The molecule has 0 saturated carbocycles. The molecule has 0 saturated heterocycles. The van der Waals surface area contributed by atoms with Gasteiger partial charge in [-0.2, -0.15) is 0 Å². The Morgan fingerprint density at radius 2 is 1.67 bits per heavy atom. The monoisotopic (exact) mass is 200 g/mol. The van der Waals surface area contributed by atoms with Crippen LogP contribution in [0.5, 0.6) is 0 Å². The molecule has 2 unspecified atom stereocenters. The van der Waals surface area contributed by atoms with Gasteiger partial charge in [0.05, 0.1) is 12.2 Å². The van der Waals surface area contributed by atoms with Crippen LogP contribution in [0.25, 0.3) is 0 Å². The van der Waals surface area contributed by atoms with E-state index in [0.29, 0.717) is 11.1 Å². The number of carbonyl (C=O) groups is 2. The third-order valence-electron chi connectivity index (χ3n) is 2.86. The first-order valence-corrected chi connectivity index (χ1v) is 4.78. The summed E-state index contributed by atoms with van der Waals surface area (Å²) in [6.07, 6.45) is 2.46. The van der Waals surface area contributed by atoms with Crippen molar-refractivity contribution < 1.29 is 14.3 Å². The molecule has 3 heteroatoms. The Kier molecular flexibility index (Phi) is 1.57. The van der Waals surface area contributed by atoms with Crippen molar-refractivity contribution in [3.8, 4) is 0 Å². The molecule has 0 fully saturated rings. The van der Waals surface area contributed by atoms with Crippen LogP contribution >= 0.6 is 0 Å². The number of benzene rings is 1. The minimum Gasteiger partial charge on any atom is -0.489 e. The zero-order valence-corrected chi connectivity index (χ0v) is 7.84. The van der Waals surface area contributed by atoms with Gasteiger partial charge >= 0.3 is 0 Å². The first kappa shape index (κ1) is 8.41. The highest BCUT2D eigenvalue weighted by Gasteiger charge is 2.43. The van der Waals surface area contributed by atoms with E-state index in [1.807, 2.05) is 0 Å². The van der Waals surface area contributed by atoms with Gasteiger partial charge in [0.2, 0.25) is 5.78 Å². The van der Waals surface area contributed by atoms with Crippen molar-refractivity contribution in [3.05, 3.63) is 47.7 Å². The second-order valence-corrected chi connectivity index (χ2v) is 3.69. The molecule has 1 aliphatic carbocycles. The molecule has 74 valence electrons. The zero-order chi connectivity index (χ0) is 10.4. The van der Waals surface area contributed by atoms with Gasteiger partial charge in [-0.15, -0.1) is 0 Å². The maximum atomic E-state index is 12.0. The summed E-state index contributed by atoms with van der Waals surface area (Å²) in [5.41, 5.74) is 0.992. The van der Waals surface area contributed by atoms with E-state index in [9.17, 15) is 9.59 Å². The number of fused-ring (bicyclic) bond motifs is 2. The van der Waals surface area contributed by atoms with Crippen molar-refractivity contribution in [2.45, 2.75) is 6.10 Å². The number of carbonyl (C=O) groups excluding carboxylic acids is 2. The average Bonchev–Trinajstić information content (AvgIpc) is 2.75. The molecule has 2 atom stereocenters. The molecule has 1 aromatic carbocycles. The van der Waals surface area contributed by atoms with Crippen LogP contribution in [0.1, 0.15) is 20.7 Å². The van der Waals surface area contributed by atoms with Gasteiger partial charge in [0.25, 0.3) is 0 Å². The average molecular weight is 200 g/mol. The van der Waals surface area contributed by atoms with Crippen molar-refractivity contribution in [1.29, 1.82) is 0 Å². The van der Waals surface area contributed by atoms with E-state index in [-0.39, 0.29) is 11.6 Å². The molecule has 0 N–H and O–H groups in total. The predicted molar refractivity (Wildman–Crippen MR) is 52.6 cm³/mol. The lowest BCUT2D eigenvalue weighted by Gasteiger charge is -2.23. The van der Waals surface area contributed by atoms with Crippen LogP contribution in [0.4, 0.5) is 0 Å². The van der Waals surface area contributed by atoms with Gasteiger partial charge in [0.15, 0.2) is 11.9 Å². The van der Waals surface area contributed by atoms with E-state index >= 15 is 0 Å². The summed E-state index contributed by atoms with van der Waals surface area (Å²) < 4.78 is 5.15. The van der Waals surface area contributed by atoms with E-state index in [4.69, 9.17) is 4.74 Å². The number of ketones is 2. The standard InChI is InChI=1S/C12H8O3/c13-10-7-3-1-2-4-8(7)11(14)12-9(10)5-6-15-12/h1-6,9,12H. The maximum absolute atomic E-state index is 12.0. The molecule has 0 radical (unpaired) electrons. The summed E-state index contributed by atoms with van der Waals surface area (Å²) in [6.45, 7) is 0. The maximum Gasteiger partial charge on any atom is 0.205 e. The summed E-state index contributed by atoms with van der Waals surface area (Å²) in [7, 11) is 0. The Morgan fingerprint density at radius 1 is 1.00 bits per heavy atom. The van der Waals surface area contributed by atoms with Gasteiger partial charge in [-0.25, -0.2) is 0 Å². The lowest BCUT2D eigenvalue weighted by Crippen LogP contribution is -2.38. The number of rotatable bonds is 0. The molecule has 0 aromatic heterocycles. The van der Waals surface area contributed by atoms with Crippen molar-refractivity contribution in [2.75, 3.05) is 0 Å². The molecule has 15 heavy (non-hydrogen) atoms. The van der Waals surface area contributed by atoms with Crippen LogP contribution in [0.15, 0.2) is 36.6 Å². The second-order valence-electron chi connectivity index (χ2n) is 3.69. The van der Waals surface area contributed by atoms with Crippen molar-refractivity contribution in [2.24, 2.45) is 5.92 Å². The van der Waals surface area contributed by atoms with Gasteiger partial charge in [-0.3, -0.25) is 9.59 Å². The fourth-order valence-electron chi connectivity index (χ4n) is 2.10. The lowest BCUT2D eigenvalue weighted by molar-refractivity contribution is 0.0589. The first-order valence-electron chi connectivity index (χ1n) is 4.78. The fourth-order valence-corrected chi connectivity index (χ4v) is 2.10. The molecular weight excluding hydrogens is 192 g/mol. The third kappa shape index (κ3) is 1.00. The van der Waals surface area contributed by atoms with Crippen LogP contribution in [-0.2, 0) is 4.74 Å². The van der Waals surface area contributed by atoms with Gasteiger partial charge in [-0.1, -0.05) is 24.3 Å². The molecule has 1 aliphatic heterocycles. The van der Waals surface area contributed by atoms with Crippen LogP contribution < -0.4 is 0 Å². The Morgan fingerprint density at radius 3 is 2.40 bits per heavy atom. The van der Waals surface area contributed by atoms with Crippen molar-refractivity contribution in [3.63, 3.8) is 0 Å². The molecule has 3 nitrogen and oxygen atoms in total. The molecule has 1 heterocycles. The van der Waals surface area contributed by atoms with Crippen LogP contribution in [0.3, 0.4) is 0 Å². The predicted octanol–water partition coefficient (Wildman–Crippen LogP) is 1.59. The molecule has 2 aliphatic rings. The van der Waals surface area contributed by atoms with Gasteiger partial charge in [0, 0.05) is 11.1 Å². The van der Waals surface area contributed by atoms with Gasteiger partial charge < -0.3 is 4.74 Å². The first-order chi connectivity index (χ1) is 7.29. The summed E-state index contributed by atoms with van der Waals surface area (Å²) in [6, 6.07) is 6.89. The summed E-state index contributed by atoms with van der Waals surface area (Å²) in [4.78, 5) is 23.9. The number of hydrogen-bond donors (Lipinski definition) is 0. The minimum atomic E-state index is -0.632. The Bertz CT molecular complexity index is 487. The Balaban J connectivity index is 2.21. The second kappa shape index (κ2) is 2.79. The highest BCUT2D eigenvalue weighted by molar-refractivity contribution is 6.17. The van der Waals surface area contributed by atoms with Crippen molar-refractivity contribution >= 4 is 11.6 Å². The van der Waals surface area contributed by atoms with Crippen LogP contribution in [0, 0.1) is 5.92 Å². The quantitative estimate of drug-likeness (QED) is 0.638. The molecule has 0 amide bonds. The van der Waals surface area contributed by atoms with Gasteiger partial charge in [-0.05, 0) is 6.08 Å². The van der Waals surface area contributed by atoms with E-state index < -0.39 is 12.0 Å². The largest absolute Gasteiger partial charge is 0.489 e. The number of ether oxygens (including phenoxy) is 1. The van der Waals surface area contributed by atoms with Crippen LogP contribution in [0.2, 0.25) is 0 Å². The zero-order valence-electron chi connectivity index (χ0n) is 7.84. The minimum absolute atomic E-state index is 0.0241. The number of hydrogen-bond acceptors (Lipinski definition) is 3. The number of Topliss-reactive ketones (excluding diaryl/α,β-unsaturated/α-hetero) is 2. The Hall–Kier alpha value is -1.90. The fraction of sp³-hybridized carbons (Fsp3) is 0.167. The van der Waals surface area contributed by atoms with E-state index in [1.54, 1.807) is 30.3 Å². The molecule has 0 bridgehead atoms. The normalized spacial score (nSPS) is 27.2. The third-order valence-corrected chi connectivity index (χ3v) is 2.86. The molecule has 3 rings (SSSR count). The highest BCUT2D eigenvalue weighted by Crippen LogP contribution is 2.31. The van der Waals surface area contributed by atoms with E-state index in [2.05, 4.69) is 0 Å². The summed E-state index contributed by atoms with van der Waals surface area (Å²) >= 11 is 0. The van der Waals surface area contributed by atoms with Gasteiger partial charge in [0.1, 0.15) is 0 Å². The molecule has 0 spiro atoms. The van der Waals surface area contributed by atoms with E-state index in [0.717, 1.165) is 0 Å². The van der Waals surface area contributed by atoms with Crippen molar-refractivity contribution in [1.82, 2.24) is 0 Å². The highest BCUT2D eigenvalue weighted by atomic mass is 16.5. The SMILES string of the molecule is O=C1c2ccccc2C(=O)C2OC=CC12. The molecular formula is C12H8O3. The topological polar surface area (TPSA) is 43.4 Å². The lowest BCUT2D eigenvalue weighted by atomic mass is 9.80. The van der Waals surface area contributed by atoms with Crippen LogP contribution in [-0.4, -0.2) is 17.7 Å². The van der Waals surface area contributed by atoms with E-state index in [1.165, 1.54) is 6.26 Å². The summed E-state index contributed by atoms with van der Waals surface area (Å²) in [5.74, 6) is -0.545. The smallest absolute Gasteiger partial charge is 0.205 e. The Labute approximate surface area is 86.4 Å².